The van der Waals surface area contributed by atoms with Crippen LogP contribution in [0.25, 0.3) is 0 Å². The van der Waals surface area contributed by atoms with Crippen molar-refractivity contribution in [2.24, 2.45) is 17.3 Å². The maximum Gasteiger partial charge on any atom is 0.312 e. The topological polar surface area (TPSA) is 26.3 Å². The number of ether oxygens (including phenoxy) is 1. The van der Waals surface area contributed by atoms with Crippen LogP contribution in [0.15, 0.2) is 0 Å². The predicted octanol–water partition coefficient (Wildman–Crippen LogP) is 8.76. The second-order valence-corrected chi connectivity index (χ2v) is 11.2. The first kappa shape index (κ1) is 24.1. The number of carbonyl (C=O) groups is 1. The molecule has 0 unspecified atom stereocenters. The van der Waals surface area contributed by atoms with Gasteiger partial charge >= 0.3 is 5.97 Å². The van der Waals surface area contributed by atoms with Crippen LogP contribution in [-0.2, 0) is 9.53 Å². The summed E-state index contributed by atoms with van der Waals surface area (Å²) < 4.78 is 6.61. The smallest absolute Gasteiger partial charge is 0.312 e. The van der Waals surface area contributed by atoms with Crippen molar-refractivity contribution in [3.05, 3.63) is 0 Å². The summed E-state index contributed by atoms with van der Waals surface area (Å²) in [6.07, 6.45) is 26.2. The Labute approximate surface area is 187 Å². The Bertz CT molecular complexity index is 491. The quantitative estimate of drug-likeness (QED) is 0.262. The molecule has 3 rings (SSSR count). The van der Waals surface area contributed by atoms with Crippen molar-refractivity contribution in [2.75, 3.05) is 0 Å². The molecule has 0 aromatic carbocycles. The highest BCUT2D eigenvalue weighted by atomic mass is 16.6. The van der Waals surface area contributed by atoms with Crippen LogP contribution in [0.2, 0.25) is 0 Å². The molecule has 174 valence electrons. The van der Waals surface area contributed by atoms with Crippen molar-refractivity contribution in [1.82, 2.24) is 0 Å². The summed E-state index contributed by atoms with van der Waals surface area (Å²) in [5.74, 6) is 2.02. The van der Waals surface area contributed by atoms with Gasteiger partial charge < -0.3 is 4.74 Å². The molecule has 30 heavy (non-hydrogen) atoms. The molecule has 0 aliphatic heterocycles. The van der Waals surface area contributed by atoms with E-state index in [0.717, 1.165) is 50.4 Å². The average Bonchev–Trinajstić information content (AvgIpc) is 2.79. The Hall–Kier alpha value is -0.530. The van der Waals surface area contributed by atoms with E-state index in [0.29, 0.717) is 0 Å². The lowest BCUT2D eigenvalue weighted by atomic mass is 9.63. The summed E-state index contributed by atoms with van der Waals surface area (Å²) in [4.78, 5) is 13.8. The molecule has 2 heteroatoms. The predicted molar refractivity (Wildman–Crippen MR) is 127 cm³/mol. The third kappa shape index (κ3) is 6.26. The van der Waals surface area contributed by atoms with E-state index < -0.39 is 0 Å². The molecule has 0 heterocycles. The lowest BCUT2D eigenvalue weighted by Gasteiger charge is -2.45. The monoisotopic (exact) mass is 418 g/mol. The van der Waals surface area contributed by atoms with Crippen molar-refractivity contribution in [1.29, 1.82) is 0 Å². The van der Waals surface area contributed by atoms with Gasteiger partial charge in [0.25, 0.3) is 0 Å². The number of rotatable bonds is 10. The van der Waals surface area contributed by atoms with Gasteiger partial charge in [-0.05, 0) is 82.5 Å². The Morgan fingerprint density at radius 2 is 1.30 bits per heavy atom. The van der Waals surface area contributed by atoms with Crippen molar-refractivity contribution in [3.8, 4) is 0 Å². The summed E-state index contributed by atoms with van der Waals surface area (Å²) in [7, 11) is 0. The van der Waals surface area contributed by atoms with Crippen molar-refractivity contribution >= 4 is 5.97 Å². The SMILES string of the molecule is CCCCCC1(OC(=O)C2(CCCC)CCC(C3CCCCC3)CC2)CCCCC1. The van der Waals surface area contributed by atoms with Gasteiger partial charge in [-0.3, -0.25) is 4.79 Å². The molecular weight excluding hydrogens is 368 g/mol. The maximum absolute atomic E-state index is 13.8. The van der Waals surface area contributed by atoms with Crippen LogP contribution < -0.4 is 0 Å². The highest BCUT2D eigenvalue weighted by Crippen LogP contribution is 2.49. The zero-order valence-electron chi connectivity index (χ0n) is 20.3. The van der Waals surface area contributed by atoms with Crippen LogP contribution in [0, 0.1) is 17.3 Å². The van der Waals surface area contributed by atoms with Gasteiger partial charge in [0.15, 0.2) is 0 Å². The molecule has 0 bridgehead atoms. The minimum absolute atomic E-state index is 0.135. The van der Waals surface area contributed by atoms with Crippen LogP contribution in [0.1, 0.15) is 149 Å². The largest absolute Gasteiger partial charge is 0.459 e. The zero-order chi connectivity index (χ0) is 21.3. The highest BCUT2D eigenvalue weighted by molar-refractivity contribution is 5.77. The summed E-state index contributed by atoms with van der Waals surface area (Å²) in [6, 6.07) is 0. The first-order chi connectivity index (χ1) is 14.6. The van der Waals surface area contributed by atoms with Gasteiger partial charge in [0, 0.05) is 0 Å². The molecule has 0 aromatic rings. The van der Waals surface area contributed by atoms with Gasteiger partial charge in [-0.15, -0.1) is 0 Å². The fourth-order valence-electron chi connectivity index (χ4n) is 6.94. The number of unbranched alkanes of at least 4 members (excludes halogenated alkanes) is 3. The maximum atomic E-state index is 13.8. The fourth-order valence-corrected chi connectivity index (χ4v) is 6.94. The van der Waals surface area contributed by atoms with Gasteiger partial charge in [-0.25, -0.2) is 0 Å². The molecule has 0 spiro atoms. The number of hydrogen-bond acceptors (Lipinski definition) is 2. The summed E-state index contributed by atoms with van der Waals surface area (Å²) in [6.45, 7) is 4.53. The van der Waals surface area contributed by atoms with Gasteiger partial charge in [0.2, 0.25) is 0 Å². The molecule has 0 radical (unpaired) electrons. The number of hydrogen-bond donors (Lipinski definition) is 0. The van der Waals surface area contributed by atoms with E-state index in [4.69, 9.17) is 4.74 Å². The molecular formula is C28H50O2. The summed E-state index contributed by atoms with van der Waals surface area (Å²) in [5, 5.41) is 0. The van der Waals surface area contributed by atoms with E-state index in [1.165, 1.54) is 96.3 Å². The molecule has 0 saturated heterocycles. The minimum atomic E-state index is -0.170. The second kappa shape index (κ2) is 11.9. The Kier molecular flexibility index (Phi) is 9.58. The van der Waals surface area contributed by atoms with Gasteiger partial charge in [-0.2, -0.15) is 0 Å². The Morgan fingerprint density at radius 3 is 1.93 bits per heavy atom. The normalized spacial score (nSPS) is 30.1. The van der Waals surface area contributed by atoms with Crippen LogP contribution in [-0.4, -0.2) is 11.6 Å². The van der Waals surface area contributed by atoms with Crippen molar-refractivity contribution in [2.45, 2.75) is 154 Å². The molecule has 3 aliphatic carbocycles. The van der Waals surface area contributed by atoms with Gasteiger partial charge in [0.05, 0.1) is 5.41 Å². The highest BCUT2D eigenvalue weighted by Gasteiger charge is 2.47. The lowest BCUT2D eigenvalue weighted by molar-refractivity contribution is -0.181. The first-order valence-corrected chi connectivity index (χ1v) is 13.9. The molecule has 3 fully saturated rings. The second-order valence-electron chi connectivity index (χ2n) is 11.2. The van der Waals surface area contributed by atoms with Crippen LogP contribution >= 0.6 is 0 Å². The van der Waals surface area contributed by atoms with E-state index in [2.05, 4.69) is 13.8 Å². The van der Waals surface area contributed by atoms with E-state index in [1.54, 1.807) is 0 Å². The van der Waals surface area contributed by atoms with E-state index >= 15 is 0 Å². The number of esters is 1. The van der Waals surface area contributed by atoms with Crippen LogP contribution in [0.4, 0.5) is 0 Å². The number of carbonyl (C=O) groups excluding carboxylic acids is 1. The van der Waals surface area contributed by atoms with Crippen LogP contribution in [0.3, 0.4) is 0 Å². The van der Waals surface area contributed by atoms with Crippen molar-refractivity contribution in [3.63, 3.8) is 0 Å². The van der Waals surface area contributed by atoms with E-state index in [-0.39, 0.29) is 17.0 Å². The lowest BCUT2D eigenvalue weighted by Crippen LogP contribution is -2.45. The molecule has 3 saturated carbocycles. The van der Waals surface area contributed by atoms with Crippen LogP contribution in [0.5, 0.6) is 0 Å². The Morgan fingerprint density at radius 1 is 0.700 bits per heavy atom. The molecule has 3 aliphatic rings. The summed E-state index contributed by atoms with van der Waals surface area (Å²) in [5.41, 5.74) is -0.305. The molecule has 2 nitrogen and oxygen atoms in total. The minimum Gasteiger partial charge on any atom is -0.459 e. The fraction of sp³-hybridized carbons (Fsp3) is 0.964. The first-order valence-electron chi connectivity index (χ1n) is 13.9. The van der Waals surface area contributed by atoms with Gasteiger partial charge in [-0.1, -0.05) is 78.1 Å². The standard InChI is InChI=1S/C28H50O2/c1-3-5-11-19-28(20-12-8-13-21-28)30-26(29)27(18-6-4-2)22-16-25(17-23-27)24-14-9-7-10-15-24/h24-25H,3-23H2,1-2H3. The molecule has 0 atom stereocenters. The molecule has 0 amide bonds. The third-order valence-electron chi connectivity index (χ3n) is 9.06. The van der Waals surface area contributed by atoms with Crippen molar-refractivity contribution < 1.29 is 9.53 Å². The van der Waals surface area contributed by atoms with E-state index in [1.807, 2.05) is 0 Å². The molecule has 0 aromatic heterocycles. The van der Waals surface area contributed by atoms with Gasteiger partial charge in [0.1, 0.15) is 5.60 Å². The summed E-state index contributed by atoms with van der Waals surface area (Å²) >= 11 is 0. The zero-order valence-corrected chi connectivity index (χ0v) is 20.3. The average molecular weight is 419 g/mol. The Balaban J connectivity index is 1.65. The third-order valence-corrected chi connectivity index (χ3v) is 9.06. The molecule has 0 N–H and O–H groups in total. The van der Waals surface area contributed by atoms with E-state index in [9.17, 15) is 4.79 Å².